The molecule has 2 rings (SSSR count). The molecule has 0 saturated carbocycles. The Balaban J connectivity index is 2.16. The van der Waals surface area contributed by atoms with Crippen molar-refractivity contribution in [2.75, 3.05) is 0 Å². The van der Waals surface area contributed by atoms with Crippen LogP contribution in [-0.4, -0.2) is 17.4 Å². The number of nitrogens with two attached hydrogens (primary N) is 1. The van der Waals surface area contributed by atoms with Gasteiger partial charge in [0, 0.05) is 4.90 Å². The van der Waals surface area contributed by atoms with Gasteiger partial charge in [0.1, 0.15) is 0 Å². The smallest absolute Gasteiger partial charge is 0.370 e. The highest BCUT2D eigenvalue weighted by atomic mass is 32.2. The van der Waals surface area contributed by atoms with Crippen molar-refractivity contribution >= 4 is 23.6 Å². The maximum atomic E-state index is 12.1. The largest absolute Gasteiger partial charge is 0.446 e. The lowest BCUT2D eigenvalue weighted by Crippen LogP contribution is -2.31. The molecule has 0 aromatic heterocycles. The number of nitrogens with zero attached hydrogens (tertiary/aromatic N) is 1. The van der Waals surface area contributed by atoms with Gasteiger partial charge in [-0.3, -0.25) is 10.1 Å². The summed E-state index contributed by atoms with van der Waals surface area (Å²) in [5.41, 5.74) is 1.51. The molecule has 0 radical (unpaired) electrons. The van der Waals surface area contributed by atoms with E-state index in [4.69, 9.17) is 5.73 Å². The molecule has 1 aliphatic heterocycles. The third-order valence-electron chi connectivity index (χ3n) is 2.20. The van der Waals surface area contributed by atoms with E-state index in [2.05, 4.69) is 10.3 Å². The molecule has 0 bridgehead atoms. The van der Waals surface area contributed by atoms with E-state index in [9.17, 15) is 18.0 Å². The van der Waals surface area contributed by atoms with Crippen LogP contribution >= 0.6 is 11.8 Å². The average molecular weight is 275 g/mol. The minimum atomic E-state index is -4.32. The Hall–Kier alpha value is -1.70. The standard InChI is InChI=1S/C10H8F3N3OS/c11-10(12,13)18-6-3-1-5(2-4-6)7-8(17)16-9(14)15-7/h1-4,7H,(H3,14,15,16,17). The summed E-state index contributed by atoms with van der Waals surface area (Å²) >= 11 is -0.208. The van der Waals surface area contributed by atoms with Crippen LogP contribution < -0.4 is 11.1 Å². The number of hydrogen-bond donors (Lipinski definition) is 2. The minimum absolute atomic E-state index is 0.0127. The van der Waals surface area contributed by atoms with Crippen LogP contribution in [0.2, 0.25) is 0 Å². The summed E-state index contributed by atoms with van der Waals surface area (Å²) in [6.07, 6.45) is 0. The number of amides is 1. The topological polar surface area (TPSA) is 67.5 Å². The molecule has 0 fully saturated rings. The number of carbonyl (C=O) groups is 1. The van der Waals surface area contributed by atoms with Crippen LogP contribution in [0.5, 0.6) is 0 Å². The molecule has 8 heteroatoms. The fraction of sp³-hybridized carbons (Fsp3) is 0.200. The number of hydrogen-bond acceptors (Lipinski definition) is 4. The van der Waals surface area contributed by atoms with Crippen molar-refractivity contribution in [2.45, 2.75) is 16.4 Å². The van der Waals surface area contributed by atoms with Gasteiger partial charge in [0.25, 0.3) is 5.91 Å². The number of halogens is 3. The monoisotopic (exact) mass is 275 g/mol. The van der Waals surface area contributed by atoms with E-state index >= 15 is 0 Å². The Kier molecular flexibility index (Phi) is 3.20. The Bertz CT molecular complexity index is 498. The Morgan fingerprint density at radius 2 is 1.89 bits per heavy atom. The van der Waals surface area contributed by atoms with Gasteiger partial charge in [0.2, 0.25) is 0 Å². The minimum Gasteiger partial charge on any atom is -0.370 e. The molecule has 1 atom stereocenters. The average Bonchev–Trinajstić information content (AvgIpc) is 2.57. The number of carbonyl (C=O) groups excluding carboxylic acids is 1. The molecule has 3 N–H and O–H groups in total. The van der Waals surface area contributed by atoms with E-state index < -0.39 is 11.6 Å². The van der Waals surface area contributed by atoms with Gasteiger partial charge in [0.15, 0.2) is 12.0 Å². The lowest BCUT2D eigenvalue weighted by molar-refractivity contribution is -0.120. The fourth-order valence-corrected chi connectivity index (χ4v) is 2.04. The van der Waals surface area contributed by atoms with Gasteiger partial charge in [-0.25, -0.2) is 4.99 Å². The normalized spacial score (nSPS) is 19.6. The van der Waals surface area contributed by atoms with Crippen LogP contribution in [0.1, 0.15) is 11.6 Å². The van der Waals surface area contributed by atoms with Crippen molar-refractivity contribution in [3.63, 3.8) is 0 Å². The second-order valence-corrected chi connectivity index (χ2v) is 4.66. The number of guanidine groups is 1. The predicted octanol–water partition coefficient (Wildman–Crippen LogP) is 1.78. The van der Waals surface area contributed by atoms with E-state index in [0.717, 1.165) is 0 Å². The molecule has 1 aliphatic rings. The van der Waals surface area contributed by atoms with Crippen molar-refractivity contribution < 1.29 is 18.0 Å². The van der Waals surface area contributed by atoms with Crippen LogP contribution in [-0.2, 0) is 4.79 Å². The van der Waals surface area contributed by atoms with E-state index in [1.807, 2.05) is 0 Å². The lowest BCUT2D eigenvalue weighted by Gasteiger charge is -2.08. The first kappa shape index (κ1) is 12.7. The predicted molar refractivity (Wildman–Crippen MR) is 60.9 cm³/mol. The van der Waals surface area contributed by atoms with Crippen LogP contribution in [0, 0.1) is 0 Å². The molecule has 0 saturated heterocycles. The summed E-state index contributed by atoms with van der Waals surface area (Å²) in [5.74, 6) is -0.373. The Morgan fingerprint density at radius 1 is 1.28 bits per heavy atom. The first-order chi connectivity index (χ1) is 8.35. The van der Waals surface area contributed by atoms with Crippen molar-refractivity contribution in [3.05, 3.63) is 29.8 Å². The molecule has 0 aliphatic carbocycles. The molecule has 4 nitrogen and oxygen atoms in total. The zero-order valence-electron chi connectivity index (χ0n) is 8.86. The number of benzene rings is 1. The second kappa shape index (κ2) is 4.52. The molecule has 1 aromatic rings. The van der Waals surface area contributed by atoms with Gasteiger partial charge in [-0.1, -0.05) is 12.1 Å². The van der Waals surface area contributed by atoms with Gasteiger partial charge >= 0.3 is 5.51 Å². The quantitative estimate of drug-likeness (QED) is 0.808. The van der Waals surface area contributed by atoms with Crippen molar-refractivity contribution in [2.24, 2.45) is 10.7 Å². The SMILES string of the molecule is NC1=NC(c2ccc(SC(F)(F)F)cc2)C(=O)N1. The number of thioether (sulfide) groups is 1. The summed E-state index contributed by atoms with van der Waals surface area (Å²) in [6.45, 7) is 0. The van der Waals surface area contributed by atoms with Gasteiger partial charge in [-0.15, -0.1) is 0 Å². The summed E-state index contributed by atoms with van der Waals surface area (Å²) in [7, 11) is 0. The first-order valence-electron chi connectivity index (χ1n) is 4.85. The summed E-state index contributed by atoms with van der Waals surface area (Å²) in [5, 5.41) is 2.32. The fourth-order valence-electron chi connectivity index (χ4n) is 1.50. The molecule has 1 amide bonds. The van der Waals surface area contributed by atoms with E-state index in [0.29, 0.717) is 5.56 Å². The third kappa shape index (κ3) is 2.95. The van der Waals surface area contributed by atoms with Gasteiger partial charge in [-0.05, 0) is 29.5 Å². The molecule has 18 heavy (non-hydrogen) atoms. The van der Waals surface area contributed by atoms with Gasteiger partial charge in [-0.2, -0.15) is 13.2 Å². The Morgan fingerprint density at radius 3 is 2.33 bits per heavy atom. The van der Waals surface area contributed by atoms with E-state index in [1.54, 1.807) is 0 Å². The Labute approximate surface area is 104 Å². The first-order valence-corrected chi connectivity index (χ1v) is 5.67. The molecule has 1 aromatic carbocycles. The van der Waals surface area contributed by atoms with Crippen molar-refractivity contribution in [3.8, 4) is 0 Å². The summed E-state index contributed by atoms with van der Waals surface area (Å²) in [4.78, 5) is 15.3. The maximum absolute atomic E-state index is 12.1. The molecule has 96 valence electrons. The van der Waals surface area contributed by atoms with Crippen molar-refractivity contribution in [1.82, 2.24) is 5.32 Å². The summed E-state index contributed by atoms with van der Waals surface area (Å²) in [6, 6.07) is 4.67. The number of rotatable bonds is 2. The molecule has 1 unspecified atom stereocenters. The van der Waals surface area contributed by atoms with Crippen LogP contribution in [0.4, 0.5) is 13.2 Å². The van der Waals surface area contributed by atoms with Crippen LogP contribution in [0.25, 0.3) is 0 Å². The van der Waals surface area contributed by atoms with E-state index in [1.165, 1.54) is 24.3 Å². The highest BCUT2D eigenvalue weighted by Crippen LogP contribution is 2.37. The van der Waals surface area contributed by atoms with Gasteiger partial charge < -0.3 is 5.73 Å². The molecule has 0 spiro atoms. The van der Waals surface area contributed by atoms with Crippen LogP contribution in [0.3, 0.4) is 0 Å². The summed E-state index contributed by atoms with van der Waals surface area (Å²) < 4.78 is 36.3. The molecule has 1 heterocycles. The second-order valence-electron chi connectivity index (χ2n) is 3.52. The number of nitrogens with one attached hydrogen (secondary N) is 1. The molecular formula is C10H8F3N3OS. The maximum Gasteiger partial charge on any atom is 0.446 e. The van der Waals surface area contributed by atoms with E-state index in [-0.39, 0.29) is 28.5 Å². The number of aliphatic imine (C=N–C) groups is 1. The number of alkyl halides is 3. The van der Waals surface area contributed by atoms with Crippen molar-refractivity contribution in [1.29, 1.82) is 0 Å². The highest BCUT2D eigenvalue weighted by Gasteiger charge is 2.30. The van der Waals surface area contributed by atoms with Gasteiger partial charge in [0.05, 0.1) is 0 Å². The zero-order chi connectivity index (χ0) is 13.3. The highest BCUT2D eigenvalue weighted by molar-refractivity contribution is 8.00. The third-order valence-corrected chi connectivity index (χ3v) is 2.94. The van der Waals surface area contributed by atoms with Crippen LogP contribution in [0.15, 0.2) is 34.2 Å². The lowest BCUT2D eigenvalue weighted by atomic mass is 10.1. The zero-order valence-corrected chi connectivity index (χ0v) is 9.68. The molecular weight excluding hydrogens is 267 g/mol.